The van der Waals surface area contributed by atoms with Crippen LogP contribution in [0, 0.1) is 76.9 Å². The van der Waals surface area contributed by atoms with E-state index in [1.165, 1.54) is 58.3 Å². The normalized spacial score (nSPS) is 42.9. The van der Waals surface area contributed by atoms with Crippen molar-refractivity contribution in [2.45, 2.75) is 119 Å². The number of ether oxygens (including phenoxy) is 2. The van der Waals surface area contributed by atoms with Gasteiger partial charge in [0.25, 0.3) is 0 Å². The Morgan fingerprint density at radius 2 is 1.55 bits per heavy atom. The zero-order chi connectivity index (χ0) is 29.8. The first-order chi connectivity index (χ1) is 18.6. The van der Waals surface area contributed by atoms with Crippen LogP contribution < -0.4 is 0 Å². The van der Waals surface area contributed by atoms with Gasteiger partial charge in [0.2, 0.25) is 0 Å². The molecule has 10 atom stereocenters. The number of terminal acetylenes is 2. The molecule has 0 heterocycles. The summed E-state index contributed by atoms with van der Waals surface area (Å²) in [6.07, 6.45) is 27.4. The van der Waals surface area contributed by atoms with E-state index in [1.54, 1.807) is 0 Å². The predicted molar refractivity (Wildman–Crippen MR) is 164 cm³/mol. The molecule has 0 saturated heterocycles. The van der Waals surface area contributed by atoms with E-state index in [0.717, 1.165) is 31.3 Å². The smallest absolute Gasteiger partial charge is 0.302 e. The fraction of sp³-hybridized carbons (Fsp3) is 0.857. The van der Waals surface area contributed by atoms with E-state index in [0.29, 0.717) is 47.4 Å². The topological polar surface area (TPSA) is 76.0 Å². The van der Waals surface area contributed by atoms with Gasteiger partial charge in [0, 0.05) is 14.0 Å². The Kier molecular flexibility index (Phi) is 12.9. The van der Waals surface area contributed by atoms with E-state index in [4.69, 9.17) is 14.6 Å². The van der Waals surface area contributed by atoms with Crippen molar-refractivity contribution in [3.05, 3.63) is 0 Å². The molecule has 5 aliphatic carbocycles. The van der Waals surface area contributed by atoms with Crippen molar-refractivity contribution in [3.63, 3.8) is 0 Å². The van der Waals surface area contributed by atoms with E-state index in [-0.39, 0.29) is 24.9 Å². The Hall–Kier alpha value is -1.53. The molecule has 2 spiro atoms. The molecule has 230 valence electrons. The standard InChI is InChI=1S/C29H48O4.2C2H2.CH4O.CH4/c1-7-8-21-23(33-16-15-32-19(3)30)17-22-20-9-10-24-26(4,5)25(31)11-12-29(24)18(2)28(20,29)14-13-27(21,22)6;3*1-2;/h18,20-25,31H,7-17H2,1-6H3;2*1-2H;2H,1H3;1H4/t18-,20-,21?,22?,23?,24?,25-,27+,28-,29?;;;;/m0..../s1. The van der Waals surface area contributed by atoms with Crippen molar-refractivity contribution >= 4 is 5.97 Å². The molecule has 0 radical (unpaired) electrons. The minimum absolute atomic E-state index is 0. The molecule has 5 saturated carbocycles. The van der Waals surface area contributed by atoms with E-state index in [9.17, 15) is 9.90 Å². The molecule has 5 aliphatic rings. The first kappa shape index (κ1) is 36.5. The van der Waals surface area contributed by atoms with Gasteiger partial charge in [-0.2, -0.15) is 0 Å². The summed E-state index contributed by atoms with van der Waals surface area (Å²) < 4.78 is 11.6. The average Bonchev–Trinajstić information content (AvgIpc) is 3.34. The van der Waals surface area contributed by atoms with Crippen LogP contribution in [-0.2, 0) is 14.3 Å². The Morgan fingerprint density at radius 3 is 2.12 bits per heavy atom. The van der Waals surface area contributed by atoms with Gasteiger partial charge in [-0.25, -0.2) is 0 Å². The monoisotopic (exact) mass is 560 g/mol. The van der Waals surface area contributed by atoms with Gasteiger partial charge >= 0.3 is 5.97 Å². The number of aliphatic hydroxyl groups excluding tert-OH is 2. The fourth-order valence-electron chi connectivity index (χ4n) is 11.1. The SMILES string of the molecule is C.C#C.C#C.CCCC1C(OCCOC(C)=O)CC2[C@@H]3CCC4C(C)(C)[C@@H](O)CCC45[C@@H](C)[C@@]35CC[C@]12C.CO. The minimum Gasteiger partial charge on any atom is -0.463 e. The van der Waals surface area contributed by atoms with E-state index >= 15 is 0 Å². The van der Waals surface area contributed by atoms with Gasteiger partial charge in [-0.1, -0.05) is 48.5 Å². The first-order valence-corrected chi connectivity index (χ1v) is 15.1. The molecule has 0 aromatic heterocycles. The molecule has 5 heteroatoms. The largest absolute Gasteiger partial charge is 0.463 e. The molecule has 0 aromatic rings. The fourth-order valence-corrected chi connectivity index (χ4v) is 11.1. The molecular weight excluding hydrogens is 500 g/mol. The molecule has 0 aliphatic heterocycles. The van der Waals surface area contributed by atoms with Gasteiger partial charge < -0.3 is 19.7 Å². The molecule has 2 N–H and O–H groups in total. The highest BCUT2D eigenvalue weighted by Gasteiger charge is 2.84. The van der Waals surface area contributed by atoms with E-state index in [2.05, 4.69) is 60.3 Å². The van der Waals surface area contributed by atoms with Crippen molar-refractivity contribution < 1.29 is 24.5 Å². The van der Waals surface area contributed by atoms with Crippen molar-refractivity contribution in [2.24, 2.45) is 51.2 Å². The molecule has 5 unspecified atom stereocenters. The van der Waals surface area contributed by atoms with E-state index < -0.39 is 0 Å². The van der Waals surface area contributed by atoms with Crippen LogP contribution in [0.1, 0.15) is 107 Å². The van der Waals surface area contributed by atoms with Crippen LogP contribution in [0.2, 0.25) is 0 Å². The zero-order valence-corrected chi connectivity index (χ0v) is 25.7. The highest BCUT2D eigenvalue weighted by molar-refractivity contribution is 5.65. The molecule has 5 rings (SSSR count). The van der Waals surface area contributed by atoms with Gasteiger partial charge in [-0.15, -0.1) is 25.7 Å². The lowest BCUT2D eigenvalue weighted by atomic mass is 9.46. The maximum Gasteiger partial charge on any atom is 0.302 e. The third-order valence-corrected chi connectivity index (χ3v) is 12.5. The third-order valence-electron chi connectivity index (χ3n) is 12.5. The molecule has 0 bridgehead atoms. The van der Waals surface area contributed by atoms with Crippen LogP contribution in [0.25, 0.3) is 0 Å². The van der Waals surface area contributed by atoms with E-state index in [1.807, 2.05) is 0 Å². The highest BCUT2D eigenvalue weighted by Crippen LogP contribution is 2.89. The Labute approximate surface area is 246 Å². The summed E-state index contributed by atoms with van der Waals surface area (Å²) in [7, 11) is 1.00. The number of esters is 1. The summed E-state index contributed by atoms with van der Waals surface area (Å²) in [5.74, 6) is 3.44. The minimum atomic E-state index is -0.219. The van der Waals surface area contributed by atoms with Crippen molar-refractivity contribution in [2.75, 3.05) is 20.3 Å². The molecule has 5 nitrogen and oxygen atoms in total. The lowest BCUT2D eigenvalue weighted by Gasteiger charge is -2.59. The summed E-state index contributed by atoms with van der Waals surface area (Å²) in [5.41, 5.74) is 1.39. The number of hydrogen-bond donors (Lipinski definition) is 2. The summed E-state index contributed by atoms with van der Waals surface area (Å²) in [6, 6.07) is 0. The molecular formula is C35H60O5. The lowest BCUT2D eigenvalue weighted by Crippen LogP contribution is -2.54. The number of fused-ring (bicyclic) bond motifs is 2. The molecule has 0 amide bonds. The lowest BCUT2D eigenvalue weighted by molar-refractivity contribution is -0.143. The number of carbonyl (C=O) groups excluding carboxylic acids is 1. The van der Waals surface area contributed by atoms with Gasteiger partial charge in [0.15, 0.2) is 0 Å². The quantitative estimate of drug-likeness (QED) is 0.214. The van der Waals surface area contributed by atoms with Gasteiger partial charge in [0.1, 0.15) is 6.61 Å². The van der Waals surface area contributed by atoms with Crippen molar-refractivity contribution in [1.29, 1.82) is 0 Å². The third kappa shape index (κ3) is 5.25. The van der Waals surface area contributed by atoms with Crippen LogP contribution in [0.3, 0.4) is 0 Å². The van der Waals surface area contributed by atoms with Crippen molar-refractivity contribution in [1.82, 2.24) is 0 Å². The Bertz CT molecular complexity index is 856. The van der Waals surface area contributed by atoms with Gasteiger partial charge in [0.05, 0.1) is 18.8 Å². The maximum atomic E-state index is 11.2. The second-order valence-corrected chi connectivity index (χ2v) is 13.4. The highest BCUT2D eigenvalue weighted by atomic mass is 16.6. The Balaban J connectivity index is 0.00000107. The average molecular weight is 561 g/mol. The molecule has 5 fully saturated rings. The summed E-state index contributed by atoms with van der Waals surface area (Å²) >= 11 is 0. The van der Waals surface area contributed by atoms with Crippen LogP contribution in [0.4, 0.5) is 0 Å². The number of hydrogen-bond acceptors (Lipinski definition) is 5. The summed E-state index contributed by atoms with van der Waals surface area (Å²) in [6.45, 7) is 14.6. The zero-order valence-electron chi connectivity index (χ0n) is 25.7. The number of carbonyl (C=O) groups is 1. The predicted octanol–water partition coefficient (Wildman–Crippen LogP) is 6.74. The number of aliphatic hydroxyl groups is 2. The molecule has 40 heavy (non-hydrogen) atoms. The van der Waals surface area contributed by atoms with Gasteiger partial charge in [-0.05, 0) is 103 Å². The second kappa shape index (κ2) is 14.1. The van der Waals surface area contributed by atoms with Gasteiger partial charge in [-0.3, -0.25) is 4.79 Å². The van der Waals surface area contributed by atoms with Crippen molar-refractivity contribution in [3.8, 4) is 25.7 Å². The van der Waals surface area contributed by atoms with Crippen LogP contribution in [0.5, 0.6) is 0 Å². The summed E-state index contributed by atoms with van der Waals surface area (Å²) in [4.78, 5) is 11.2. The first-order valence-electron chi connectivity index (χ1n) is 15.1. The van der Waals surface area contributed by atoms with Crippen LogP contribution in [0.15, 0.2) is 0 Å². The molecule has 0 aromatic carbocycles. The second-order valence-electron chi connectivity index (χ2n) is 13.4. The van der Waals surface area contributed by atoms with Crippen LogP contribution >= 0.6 is 0 Å². The maximum absolute atomic E-state index is 11.2. The number of rotatable bonds is 6. The van der Waals surface area contributed by atoms with Crippen LogP contribution in [-0.4, -0.2) is 48.7 Å². The Morgan fingerprint density at radius 1 is 0.925 bits per heavy atom. The summed E-state index contributed by atoms with van der Waals surface area (Å²) in [5, 5.41) is 17.9.